The number of ether oxygens (including phenoxy) is 1. The van der Waals surface area contributed by atoms with E-state index in [1.165, 1.54) is 11.3 Å². The van der Waals surface area contributed by atoms with Crippen molar-refractivity contribution >= 4 is 17.2 Å². The molecule has 96 valence electrons. The molecule has 2 heterocycles. The lowest BCUT2D eigenvalue weighted by molar-refractivity contribution is 0.0626. The number of hydrogen-bond donors (Lipinski definition) is 2. The molecule has 5 heteroatoms. The van der Waals surface area contributed by atoms with Crippen LogP contribution in [0, 0.1) is 11.8 Å². The van der Waals surface area contributed by atoms with Crippen LogP contribution in [0.2, 0.25) is 0 Å². The maximum Gasteiger partial charge on any atom is 0.262 e. The molecule has 0 bridgehead atoms. The number of rotatable bonds is 2. The molecule has 1 amide bonds. The second kappa shape index (κ2) is 6.55. The predicted molar refractivity (Wildman–Crippen MR) is 69.6 cm³/mol. The highest BCUT2D eigenvalue weighted by Crippen LogP contribution is 2.16. The number of nitrogens with one attached hydrogen (secondary N) is 1. The van der Waals surface area contributed by atoms with Crippen LogP contribution in [0.1, 0.15) is 28.1 Å². The van der Waals surface area contributed by atoms with Crippen molar-refractivity contribution < 1.29 is 14.6 Å². The summed E-state index contributed by atoms with van der Waals surface area (Å²) >= 11 is 1.36. The minimum absolute atomic E-state index is 0.0898. The number of hydrogen-bond acceptors (Lipinski definition) is 4. The average Bonchev–Trinajstić information content (AvgIpc) is 2.86. The molecule has 2 N–H and O–H groups in total. The summed E-state index contributed by atoms with van der Waals surface area (Å²) in [6.07, 6.45) is 1.93. The zero-order valence-electron chi connectivity index (χ0n) is 9.94. The Balaban J connectivity index is 2.02. The average molecular weight is 265 g/mol. The number of aliphatic hydroxyl groups is 1. The molecule has 0 radical (unpaired) electrons. The first kappa shape index (κ1) is 13.1. The Labute approximate surface area is 110 Å². The zero-order chi connectivity index (χ0) is 12.8. The van der Waals surface area contributed by atoms with Gasteiger partial charge in [0.05, 0.1) is 12.6 Å². The van der Waals surface area contributed by atoms with Gasteiger partial charge in [0.15, 0.2) is 0 Å². The third-order valence-electron chi connectivity index (χ3n) is 2.67. The number of aliphatic hydroxyl groups excluding tert-OH is 1. The molecular formula is C13H15NO3S. The smallest absolute Gasteiger partial charge is 0.262 e. The molecule has 1 aliphatic heterocycles. The van der Waals surface area contributed by atoms with Crippen molar-refractivity contribution in [3.05, 3.63) is 21.9 Å². The van der Waals surface area contributed by atoms with Crippen molar-refractivity contribution in [2.45, 2.75) is 18.9 Å². The third kappa shape index (κ3) is 3.33. The SMILES string of the molecule is O=C(NC1CCCOC1)c1sccc1C#CCO. The molecule has 1 saturated heterocycles. The Morgan fingerprint density at radius 1 is 1.67 bits per heavy atom. The van der Waals surface area contributed by atoms with Crippen LogP contribution in [0.5, 0.6) is 0 Å². The van der Waals surface area contributed by atoms with Gasteiger partial charge in [-0.1, -0.05) is 11.8 Å². The van der Waals surface area contributed by atoms with E-state index in [1.54, 1.807) is 6.07 Å². The highest BCUT2D eigenvalue weighted by Gasteiger charge is 2.19. The normalized spacial score (nSPS) is 18.8. The van der Waals surface area contributed by atoms with Crippen LogP contribution in [0.15, 0.2) is 11.4 Å². The fraction of sp³-hybridized carbons (Fsp3) is 0.462. The Morgan fingerprint density at radius 3 is 3.28 bits per heavy atom. The van der Waals surface area contributed by atoms with Gasteiger partial charge in [0, 0.05) is 12.2 Å². The standard InChI is InChI=1S/C13H15NO3S/c15-6-1-3-10-5-8-18-12(10)13(16)14-11-4-2-7-17-9-11/h5,8,11,15H,2,4,6-7,9H2,(H,14,16). The minimum atomic E-state index is -0.201. The first-order valence-electron chi connectivity index (χ1n) is 5.87. The predicted octanol–water partition coefficient (Wildman–Crippen LogP) is 1.00. The second-order valence-corrected chi connectivity index (χ2v) is 4.93. The van der Waals surface area contributed by atoms with Gasteiger partial charge in [-0.15, -0.1) is 11.3 Å². The van der Waals surface area contributed by atoms with Gasteiger partial charge < -0.3 is 15.2 Å². The molecule has 1 fully saturated rings. The van der Waals surface area contributed by atoms with Gasteiger partial charge in [-0.05, 0) is 24.3 Å². The van der Waals surface area contributed by atoms with Crippen LogP contribution in [0.4, 0.5) is 0 Å². The molecule has 1 aromatic rings. The maximum absolute atomic E-state index is 12.1. The molecule has 0 spiro atoms. The van der Waals surface area contributed by atoms with E-state index in [9.17, 15) is 4.79 Å². The maximum atomic E-state index is 12.1. The van der Waals surface area contributed by atoms with Crippen LogP contribution >= 0.6 is 11.3 Å². The fourth-order valence-corrected chi connectivity index (χ4v) is 2.58. The number of carbonyl (C=O) groups excluding carboxylic acids is 1. The van der Waals surface area contributed by atoms with Gasteiger partial charge in [0.25, 0.3) is 5.91 Å². The monoisotopic (exact) mass is 265 g/mol. The lowest BCUT2D eigenvalue weighted by atomic mass is 10.1. The van der Waals surface area contributed by atoms with E-state index < -0.39 is 0 Å². The van der Waals surface area contributed by atoms with Crippen molar-refractivity contribution in [1.29, 1.82) is 0 Å². The Kier molecular flexibility index (Phi) is 4.76. The summed E-state index contributed by atoms with van der Waals surface area (Å²) in [5, 5.41) is 13.4. The minimum Gasteiger partial charge on any atom is -0.384 e. The van der Waals surface area contributed by atoms with Crippen molar-refractivity contribution in [3.63, 3.8) is 0 Å². The van der Waals surface area contributed by atoms with Crippen molar-refractivity contribution in [2.24, 2.45) is 0 Å². The molecule has 0 aromatic carbocycles. The lowest BCUT2D eigenvalue weighted by Gasteiger charge is -2.22. The fourth-order valence-electron chi connectivity index (χ4n) is 1.82. The zero-order valence-corrected chi connectivity index (χ0v) is 10.8. The van der Waals surface area contributed by atoms with E-state index in [0.717, 1.165) is 19.4 Å². The van der Waals surface area contributed by atoms with Crippen LogP contribution in [-0.2, 0) is 4.74 Å². The van der Waals surface area contributed by atoms with Gasteiger partial charge in [0.1, 0.15) is 11.5 Å². The van der Waals surface area contributed by atoms with Gasteiger partial charge in [-0.25, -0.2) is 0 Å². The Bertz CT molecular complexity index is 466. The molecule has 1 atom stereocenters. The van der Waals surface area contributed by atoms with E-state index in [2.05, 4.69) is 17.2 Å². The van der Waals surface area contributed by atoms with Crippen LogP contribution < -0.4 is 5.32 Å². The lowest BCUT2D eigenvalue weighted by Crippen LogP contribution is -2.40. The summed E-state index contributed by atoms with van der Waals surface area (Å²) in [5.41, 5.74) is 0.670. The largest absolute Gasteiger partial charge is 0.384 e. The van der Waals surface area contributed by atoms with Crippen molar-refractivity contribution in [2.75, 3.05) is 19.8 Å². The van der Waals surface area contributed by atoms with Gasteiger partial charge in [-0.2, -0.15) is 0 Å². The summed E-state index contributed by atoms with van der Waals surface area (Å²) in [4.78, 5) is 12.7. The van der Waals surface area contributed by atoms with Crippen LogP contribution in [0.25, 0.3) is 0 Å². The molecule has 0 aliphatic carbocycles. The second-order valence-electron chi connectivity index (χ2n) is 4.01. The molecule has 4 nitrogen and oxygen atoms in total. The van der Waals surface area contributed by atoms with Crippen molar-refractivity contribution in [3.8, 4) is 11.8 Å². The summed E-state index contributed by atoms with van der Waals surface area (Å²) in [7, 11) is 0. The van der Waals surface area contributed by atoms with Crippen LogP contribution in [0.3, 0.4) is 0 Å². The van der Waals surface area contributed by atoms with Gasteiger partial charge in [-0.3, -0.25) is 4.79 Å². The number of carbonyl (C=O) groups is 1. The number of amides is 1. The van der Waals surface area contributed by atoms with Gasteiger partial charge in [0.2, 0.25) is 0 Å². The molecule has 18 heavy (non-hydrogen) atoms. The summed E-state index contributed by atoms with van der Waals surface area (Å²) < 4.78 is 5.32. The van der Waals surface area contributed by atoms with Crippen LogP contribution in [-0.4, -0.2) is 36.9 Å². The molecule has 1 unspecified atom stereocenters. The Morgan fingerprint density at radius 2 is 2.56 bits per heavy atom. The molecular weight excluding hydrogens is 250 g/mol. The highest BCUT2D eigenvalue weighted by molar-refractivity contribution is 7.12. The van der Waals surface area contributed by atoms with E-state index in [1.807, 2.05) is 5.38 Å². The molecule has 0 saturated carbocycles. The van der Waals surface area contributed by atoms with Gasteiger partial charge >= 0.3 is 0 Å². The summed E-state index contributed by atoms with van der Waals surface area (Å²) in [6, 6.07) is 1.88. The topological polar surface area (TPSA) is 58.6 Å². The first-order chi connectivity index (χ1) is 8.81. The first-order valence-corrected chi connectivity index (χ1v) is 6.75. The summed E-state index contributed by atoms with van der Waals surface area (Å²) in [5.74, 6) is 5.23. The Hall–Kier alpha value is -1.35. The number of thiophene rings is 1. The molecule has 1 aromatic heterocycles. The van der Waals surface area contributed by atoms with E-state index in [4.69, 9.17) is 9.84 Å². The van der Waals surface area contributed by atoms with E-state index >= 15 is 0 Å². The highest BCUT2D eigenvalue weighted by atomic mass is 32.1. The summed E-state index contributed by atoms with van der Waals surface area (Å²) in [6.45, 7) is 1.15. The quantitative estimate of drug-likeness (QED) is 0.784. The van der Waals surface area contributed by atoms with E-state index in [0.29, 0.717) is 17.0 Å². The van der Waals surface area contributed by atoms with Crippen molar-refractivity contribution in [1.82, 2.24) is 5.32 Å². The van der Waals surface area contributed by atoms with E-state index in [-0.39, 0.29) is 18.6 Å². The third-order valence-corrected chi connectivity index (χ3v) is 3.58. The molecule has 1 aliphatic rings. The molecule has 2 rings (SSSR count).